The lowest BCUT2D eigenvalue weighted by molar-refractivity contribution is -0.127. The number of nitrogens with one attached hydrogen (secondary N) is 1. The Kier molecular flexibility index (Phi) is 4.84. The molecule has 1 rings (SSSR count). The van der Waals surface area contributed by atoms with Gasteiger partial charge in [-0.3, -0.25) is 9.59 Å². The summed E-state index contributed by atoms with van der Waals surface area (Å²) in [5.74, 6) is -0.236. The molecule has 0 unspecified atom stereocenters. The quantitative estimate of drug-likeness (QED) is 0.828. The van der Waals surface area contributed by atoms with Gasteiger partial charge in [0.25, 0.3) is 0 Å². The van der Waals surface area contributed by atoms with E-state index < -0.39 is 5.41 Å². The van der Waals surface area contributed by atoms with Crippen molar-refractivity contribution < 1.29 is 9.59 Å². The zero-order valence-electron chi connectivity index (χ0n) is 11.1. The van der Waals surface area contributed by atoms with Gasteiger partial charge in [0.2, 0.25) is 5.91 Å². The van der Waals surface area contributed by atoms with Crippen LogP contribution in [0.3, 0.4) is 0 Å². The topological polar surface area (TPSA) is 46.2 Å². The second-order valence-electron chi connectivity index (χ2n) is 5.13. The summed E-state index contributed by atoms with van der Waals surface area (Å²) in [6.45, 7) is 5.57. The van der Waals surface area contributed by atoms with E-state index in [2.05, 4.69) is 5.32 Å². The molecule has 0 aliphatic carbocycles. The number of Topliss-reactive ketones (excluding diaryl/α,β-unsaturated/α-hetero) is 1. The summed E-state index contributed by atoms with van der Waals surface area (Å²) in [5, 5.41) is 2.58. The monoisotopic (exact) mass is 245 g/mol. The third kappa shape index (κ3) is 4.95. The fraction of sp³-hybridized carbons (Fsp3) is 0.333. The molecule has 3 heteroatoms. The van der Waals surface area contributed by atoms with Gasteiger partial charge >= 0.3 is 0 Å². The normalized spacial score (nSPS) is 11.5. The molecule has 96 valence electrons. The van der Waals surface area contributed by atoms with Crippen molar-refractivity contribution in [1.82, 2.24) is 5.32 Å². The first-order chi connectivity index (χ1) is 8.39. The zero-order valence-corrected chi connectivity index (χ0v) is 11.1. The first kappa shape index (κ1) is 14.2. The van der Waals surface area contributed by atoms with Gasteiger partial charge in [0.1, 0.15) is 0 Å². The fourth-order valence-corrected chi connectivity index (χ4v) is 1.23. The molecule has 1 amide bonds. The first-order valence-corrected chi connectivity index (χ1v) is 5.94. The molecule has 1 aromatic rings. The number of hydrogen-bond donors (Lipinski definition) is 1. The molecule has 0 aliphatic heterocycles. The highest BCUT2D eigenvalue weighted by molar-refractivity contribution is 5.95. The van der Waals surface area contributed by atoms with Crippen LogP contribution in [0.1, 0.15) is 26.3 Å². The molecule has 0 atom stereocenters. The van der Waals surface area contributed by atoms with Crippen LogP contribution >= 0.6 is 0 Å². The van der Waals surface area contributed by atoms with Crippen LogP contribution in [0.5, 0.6) is 0 Å². The molecule has 0 heterocycles. The second kappa shape index (κ2) is 6.15. The van der Waals surface area contributed by atoms with E-state index in [-0.39, 0.29) is 18.2 Å². The van der Waals surface area contributed by atoms with Gasteiger partial charge in [0.15, 0.2) is 5.78 Å². The average Bonchev–Trinajstić information content (AvgIpc) is 2.33. The summed E-state index contributed by atoms with van der Waals surface area (Å²) in [7, 11) is 0. The minimum Gasteiger partial charge on any atom is -0.345 e. The van der Waals surface area contributed by atoms with Gasteiger partial charge < -0.3 is 5.32 Å². The molecule has 0 fully saturated rings. The summed E-state index contributed by atoms with van der Waals surface area (Å²) in [6, 6.07) is 9.54. The van der Waals surface area contributed by atoms with E-state index >= 15 is 0 Å². The minimum absolute atomic E-state index is 0.0176. The standard InChI is InChI=1S/C15H19NO2/c1-15(2,3)13(17)11-16-14(18)10-9-12-7-5-4-6-8-12/h4-10H,11H2,1-3H3,(H,16,18)/b10-9+. The highest BCUT2D eigenvalue weighted by Crippen LogP contribution is 2.13. The predicted octanol–water partition coefficient (Wildman–Crippen LogP) is 2.43. The van der Waals surface area contributed by atoms with Crippen molar-refractivity contribution in [2.45, 2.75) is 20.8 Å². The van der Waals surface area contributed by atoms with Gasteiger partial charge in [0, 0.05) is 11.5 Å². The summed E-state index contributed by atoms with van der Waals surface area (Å²) in [6.07, 6.45) is 3.15. The molecule has 0 aromatic heterocycles. The smallest absolute Gasteiger partial charge is 0.244 e. The van der Waals surface area contributed by atoms with Crippen LogP contribution < -0.4 is 5.32 Å². The van der Waals surface area contributed by atoms with Crippen molar-refractivity contribution in [3.05, 3.63) is 42.0 Å². The van der Waals surface area contributed by atoms with Gasteiger partial charge in [0.05, 0.1) is 6.54 Å². The molecule has 0 radical (unpaired) electrons. The van der Waals surface area contributed by atoms with Crippen LogP contribution in [0.4, 0.5) is 0 Å². The Balaban J connectivity index is 2.44. The first-order valence-electron chi connectivity index (χ1n) is 5.94. The molecular weight excluding hydrogens is 226 g/mol. The van der Waals surface area contributed by atoms with Gasteiger partial charge in [-0.15, -0.1) is 0 Å². The highest BCUT2D eigenvalue weighted by Gasteiger charge is 2.20. The lowest BCUT2D eigenvalue weighted by Gasteiger charge is -2.16. The zero-order chi connectivity index (χ0) is 13.6. The van der Waals surface area contributed by atoms with Crippen molar-refractivity contribution in [3.63, 3.8) is 0 Å². The van der Waals surface area contributed by atoms with Crippen molar-refractivity contribution >= 4 is 17.8 Å². The van der Waals surface area contributed by atoms with Gasteiger partial charge in [-0.05, 0) is 11.6 Å². The van der Waals surface area contributed by atoms with Crippen LogP contribution in [0.15, 0.2) is 36.4 Å². The highest BCUT2D eigenvalue weighted by atomic mass is 16.2. The minimum atomic E-state index is -0.420. The van der Waals surface area contributed by atoms with Crippen molar-refractivity contribution in [3.8, 4) is 0 Å². The Morgan fingerprint density at radius 3 is 2.33 bits per heavy atom. The molecule has 0 bridgehead atoms. The number of rotatable bonds is 4. The molecule has 3 nitrogen and oxygen atoms in total. The number of hydrogen-bond acceptors (Lipinski definition) is 2. The van der Waals surface area contributed by atoms with Crippen LogP contribution in [0.25, 0.3) is 6.08 Å². The molecule has 0 spiro atoms. The van der Waals surface area contributed by atoms with Gasteiger partial charge in [-0.2, -0.15) is 0 Å². The number of carbonyl (C=O) groups excluding carboxylic acids is 2. The third-order valence-corrected chi connectivity index (χ3v) is 2.49. The number of amides is 1. The maximum absolute atomic E-state index is 11.6. The predicted molar refractivity (Wildman–Crippen MR) is 72.9 cm³/mol. The van der Waals surface area contributed by atoms with E-state index in [0.717, 1.165) is 5.56 Å². The third-order valence-electron chi connectivity index (χ3n) is 2.49. The van der Waals surface area contributed by atoms with E-state index in [1.807, 2.05) is 51.1 Å². The molecule has 18 heavy (non-hydrogen) atoms. The Morgan fingerprint density at radius 1 is 1.17 bits per heavy atom. The van der Waals surface area contributed by atoms with Crippen molar-refractivity contribution in [2.75, 3.05) is 6.54 Å². The van der Waals surface area contributed by atoms with Gasteiger partial charge in [-0.25, -0.2) is 0 Å². The van der Waals surface area contributed by atoms with Crippen molar-refractivity contribution in [1.29, 1.82) is 0 Å². The number of benzene rings is 1. The molecular formula is C15H19NO2. The molecule has 1 N–H and O–H groups in total. The Hall–Kier alpha value is -1.90. The SMILES string of the molecule is CC(C)(C)C(=O)CNC(=O)/C=C/c1ccccc1. The van der Waals surface area contributed by atoms with Gasteiger partial charge in [-0.1, -0.05) is 51.1 Å². The Labute approximate surface area is 108 Å². The largest absolute Gasteiger partial charge is 0.345 e. The van der Waals surface area contributed by atoms with E-state index in [4.69, 9.17) is 0 Å². The molecule has 1 aromatic carbocycles. The van der Waals surface area contributed by atoms with Crippen LogP contribution in [-0.2, 0) is 9.59 Å². The van der Waals surface area contributed by atoms with E-state index in [1.165, 1.54) is 6.08 Å². The van der Waals surface area contributed by atoms with Crippen molar-refractivity contribution in [2.24, 2.45) is 5.41 Å². The summed E-state index contributed by atoms with van der Waals surface area (Å²) < 4.78 is 0. The molecule has 0 aliphatic rings. The Bertz CT molecular complexity index is 441. The van der Waals surface area contributed by atoms with Crippen LogP contribution in [0.2, 0.25) is 0 Å². The molecule has 0 saturated heterocycles. The lowest BCUT2D eigenvalue weighted by Crippen LogP contribution is -2.34. The van der Waals surface area contributed by atoms with Crippen LogP contribution in [0, 0.1) is 5.41 Å². The number of carbonyl (C=O) groups is 2. The summed E-state index contributed by atoms with van der Waals surface area (Å²) in [4.78, 5) is 23.1. The van der Waals surface area contributed by atoms with E-state index in [0.29, 0.717) is 0 Å². The van der Waals surface area contributed by atoms with E-state index in [9.17, 15) is 9.59 Å². The fourth-order valence-electron chi connectivity index (χ4n) is 1.23. The summed E-state index contributed by atoms with van der Waals surface area (Å²) in [5.41, 5.74) is 0.533. The lowest BCUT2D eigenvalue weighted by atomic mass is 9.91. The van der Waals surface area contributed by atoms with E-state index in [1.54, 1.807) is 6.08 Å². The molecule has 0 saturated carbocycles. The van der Waals surface area contributed by atoms with Crippen LogP contribution in [-0.4, -0.2) is 18.2 Å². The maximum atomic E-state index is 11.6. The number of ketones is 1. The summed E-state index contributed by atoms with van der Waals surface area (Å²) >= 11 is 0. The Morgan fingerprint density at radius 2 is 1.78 bits per heavy atom. The second-order valence-corrected chi connectivity index (χ2v) is 5.13. The maximum Gasteiger partial charge on any atom is 0.244 e. The average molecular weight is 245 g/mol.